The van der Waals surface area contributed by atoms with Gasteiger partial charge in [-0.2, -0.15) is 5.10 Å². The second-order valence-electron chi connectivity index (χ2n) is 5.81. The summed E-state index contributed by atoms with van der Waals surface area (Å²) < 4.78 is 7.21. The van der Waals surface area contributed by atoms with Gasteiger partial charge in [0.25, 0.3) is 0 Å². The van der Waals surface area contributed by atoms with Crippen LogP contribution < -0.4 is 5.32 Å². The highest BCUT2D eigenvalue weighted by molar-refractivity contribution is 6.30. The Morgan fingerprint density at radius 1 is 1.62 bits per heavy atom. The van der Waals surface area contributed by atoms with Crippen molar-refractivity contribution in [2.75, 3.05) is 32.8 Å². The maximum atomic E-state index is 11.8. The Morgan fingerprint density at radius 3 is 3.10 bits per heavy atom. The molecule has 1 atom stereocenters. The molecule has 6 nitrogen and oxygen atoms in total. The Hall–Kier alpha value is -1.11. The molecule has 1 saturated heterocycles. The molecule has 0 spiro atoms. The highest BCUT2D eigenvalue weighted by Gasteiger charge is 2.21. The summed E-state index contributed by atoms with van der Waals surface area (Å²) >= 11 is 5.76. The smallest absolute Gasteiger partial charge is 0.241 e. The third-order valence-corrected chi connectivity index (χ3v) is 3.48. The zero-order valence-electron chi connectivity index (χ0n) is 12.6. The van der Waals surface area contributed by atoms with Gasteiger partial charge in [-0.15, -0.1) is 0 Å². The second kappa shape index (κ2) is 7.77. The molecule has 0 bridgehead atoms. The minimum Gasteiger partial charge on any atom is -0.374 e. The van der Waals surface area contributed by atoms with Gasteiger partial charge in [0.2, 0.25) is 5.91 Å². The normalized spacial score (nSPS) is 19.9. The fourth-order valence-electron chi connectivity index (χ4n) is 2.44. The molecule has 1 aromatic heterocycles. The first-order chi connectivity index (χ1) is 10.0. The third kappa shape index (κ3) is 5.65. The minimum atomic E-state index is -0.0839. The quantitative estimate of drug-likeness (QED) is 0.851. The van der Waals surface area contributed by atoms with Crippen molar-refractivity contribution in [3.05, 3.63) is 17.4 Å². The monoisotopic (exact) mass is 314 g/mol. The van der Waals surface area contributed by atoms with E-state index in [1.54, 1.807) is 6.20 Å². The first-order valence-corrected chi connectivity index (χ1v) is 7.69. The average molecular weight is 315 g/mol. The molecule has 118 valence electrons. The Morgan fingerprint density at radius 2 is 2.43 bits per heavy atom. The Balaban J connectivity index is 1.70. The number of carbonyl (C=O) groups excluding carboxylic acids is 1. The predicted molar refractivity (Wildman–Crippen MR) is 81.3 cm³/mol. The van der Waals surface area contributed by atoms with E-state index in [-0.39, 0.29) is 18.6 Å². The maximum absolute atomic E-state index is 11.8. The third-order valence-electron chi connectivity index (χ3n) is 3.28. The summed E-state index contributed by atoms with van der Waals surface area (Å²) in [5, 5.41) is 7.40. The van der Waals surface area contributed by atoms with Gasteiger partial charge in [0.15, 0.2) is 0 Å². The van der Waals surface area contributed by atoms with Crippen molar-refractivity contribution in [3.63, 3.8) is 0 Å². The van der Waals surface area contributed by atoms with E-state index >= 15 is 0 Å². The summed E-state index contributed by atoms with van der Waals surface area (Å²) in [6.07, 6.45) is 3.20. The molecule has 2 rings (SSSR count). The molecule has 0 radical (unpaired) electrons. The Bertz CT molecular complexity index is 464. The summed E-state index contributed by atoms with van der Waals surface area (Å²) in [5.74, 6) is 0.558. The molecule has 1 aliphatic rings. The van der Waals surface area contributed by atoms with Gasteiger partial charge in [-0.05, 0) is 5.92 Å². The molecule has 1 amide bonds. The van der Waals surface area contributed by atoms with E-state index in [2.05, 4.69) is 29.2 Å². The first-order valence-electron chi connectivity index (χ1n) is 7.31. The van der Waals surface area contributed by atoms with E-state index in [4.69, 9.17) is 16.3 Å². The van der Waals surface area contributed by atoms with Crippen molar-refractivity contribution in [1.82, 2.24) is 20.0 Å². The highest BCUT2D eigenvalue weighted by atomic mass is 35.5. The van der Waals surface area contributed by atoms with Crippen LogP contribution in [0.25, 0.3) is 0 Å². The molecule has 2 heterocycles. The van der Waals surface area contributed by atoms with Crippen molar-refractivity contribution >= 4 is 17.5 Å². The molecule has 1 N–H and O–H groups in total. The van der Waals surface area contributed by atoms with Crippen LogP contribution in [0.3, 0.4) is 0 Å². The number of ether oxygens (including phenoxy) is 1. The summed E-state index contributed by atoms with van der Waals surface area (Å²) in [7, 11) is 0. The van der Waals surface area contributed by atoms with Crippen LogP contribution >= 0.6 is 11.6 Å². The molecule has 21 heavy (non-hydrogen) atoms. The van der Waals surface area contributed by atoms with Crippen LogP contribution in [-0.2, 0) is 16.1 Å². The molecule has 0 aromatic carbocycles. The summed E-state index contributed by atoms with van der Waals surface area (Å²) in [5.41, 5.74) is 0. The van der Waals surface area contributed by atoms with Gasteiger partial charge < -0.3 is 10.1 Å². The van der Waals surface area contributed by atoms with Crippen LogP contribution in [0.5, 0.6) is 0 Å². The van der Waals surface area contributed by atoms with Crippen LogP contribution in [-0.4, -0.2) is 59.5 Å². The van der Waals surface area contributed by atoms with Gasteiger partial charge >= 0.3 is 0 Å². The fraction of sp³-hybridized carbons (Fsp3) is 0.714. The topological polar surface area (TPSA) is 59.4 Å². The average Bonchev–Trinajstić information content (AvgIpc) is 2.81. The Labute approximate surface area is 130 Å². The lowest BCUT2D eigenvalue weighted by atomic mass is 10.2. The first kappa shape index (κ1) is 16.3. The number of nitrogens with one attached hydrogen (secondary N) is 1. The van der Waals surface area contributed by atoms with Gasteiger partial charge in [0.1, 0.15) is 6.54 Å². The van der Waals surface area contributed by atoms with Crippen LogP contribution in [0.2, 0.25) is 5.02 Å². The van der Waals surface area contributed by atoms with Crippen molar-refractivity contribution in [2.45, 2.75) is 26.5 Å². The fourth-order valence-corrected chi connectivity index (χ4v) is 2.60. The van der Waals surface area contributed by atoms with Gasteiger partial charge in [-0.3, -0.25) is 14.4 Å². The summed E-state index contributed by atoms with van der Waals surface area (Å²) in [6.45, 7) is 8.75. The number of halogens is 1. The van der Waals surface area contributed by atoms with Gasteiger partial charge in [-0.1, -0.05) is 25.4 Å². The van der Waals surface area contributed by atoms with E-state index in [0.29, 0.717) is 17.5 Å². The lowest BCUT2D eigenvalue weighted by Crippen LogP contribution is -2.48. The molecule has 0 aliphatic carbocycles. The molecule has 1 aromatic rings. The number of rotatable bonds is 6. The minimum absolute atomic E-state index is 0.0580. The standard InChI is InChI=1S/C14H23ClN4O2/c1-11(2)7-18-3-4-21-13(9-18)6-16-14(20)10-19-8-12(15)5-17-19/h5,8,11,13H,3-4,6-7,9-10H2,1-2H3,(H,16,20). The number of hydrogen-bond acceptors (Lipinski definition) is 4. The van der Waals surface area contributed by atoms with Crippen molar-refractivity contribution in [2.24, 2.45) is 5.92 Å². The lowest BCUT2D eigenvalue weighted by molar-refractivity contribution is -0.123. The molecule has 1 aliphatic heterocycles. The molecular weight excluding hydrogens is 292 g/mol. The molecule has 1 unspecified atom stereocenters. The zero-order chi connectivity index (χ0) is 15.2. The number of hydrogen-bond donors (Lipinski definition) is 1. The van der Waals surface area contributed by atoms with E-state index < -0.39 is 0 Å². The summed E-state index contributed by atoms with van der Waals surface area (Å²) in [6, 6.07) is 0. The molecular formula is C14H23ClN4O2. The second-order valence-corrected chi connectivity index (χ2v) is 6.24. The number of aromatic nitrogens is 2. The predicted octanol–water partition coefficient (Wildman–Crippen LogP) is 1.01. The van der Waals surface area contributed by atoms with E-state index in [1.165, 1.54) is 10.9 Å². The van der Waals surface area contributed by atoms with Crippen molar-refractivity contribution < 1.29 is 9.53 Å². The number of amides is 1. The number of nitrogens with zero attached hydrogens (tertiary/aromatic N) is 3. The van der Waals surface area contributed by atoms with E-state index in [9.17, 15) is 4.79 Å². The van der Waals surface area contributed by atoms with Gasteiger partial charge in [0.05, 0.1) is 23.9 Å². The van der Waals surface area contributed by atoms with E-state index in [0.717, 1.165) is 26.2 Å². The maximum Gasteiger partial charge on any atom is 0.241 e. The molecule has 1 fully saturated rings. The van der Waals surface area contributed by atoms with Crippen LogP contribution in [0.15, 0.2) is 12.4 Å². The SMILES string of the molecule is CC(C)CN1CCOC(CNC(=O)Cn2cc(Cl)cn2)C1. The van der Waals surface area contributed by atoms with Crippen molar-refractivity contribution in [1.29, 1.82) is 0 Å². The largest absolute Gasteiger partial charge is 0.374 e. The molecule has 0 saturated carbocycles. The highest BCUT2D eigenvalue weighted by Crippen LogP contribution is 2.07. The van der Waals surface area contributed by atoms with Crippen LogP contribution in [0, 0.1) is 5.92 Å². The zero-order valence-corrected chi connectivity index (χ0v) is 13.3. The van der Waals surface area contributed by atoms with E-state index in [1.807, 2.05) is 0 Å². The van der Waals surface area contributed by atoms with Crippen molar-refractivity contribution in [3.8, 4) is 0 Å². The van der Waals surface area contributed by atoms with Gasteiger partial charge in [0, 0.05) is 32.4 Å². The number of morpholine rings is 1. The number of carbonyl (C=O) groups is 1. The molecule has 7 heteroatoms. The van der Waals surface area contributed by atoms with Crippen LogP contribution in [0.4, 0.5) is 0 Å². The summed E-state index contributed by atoms with van der Waals surface area (Å²) in [4.78, 5) is 14.2. The lowest BCUT2D eigenvalue weighted by Gasteiger charge is -2.33. The van der Waals surface area contributed by atoms with Crippen LogP contribution in [0.1, 0.15) is 13.8 Å². The Kier molecular flexibility index (Phi) is 6.02. The van der Waals surface area contributed by atoms with Gasteiger partial charge in [-0.25, -0.2) is 0 Å².